The summed E-state index contributed by atoms with van der Waals surface area (Å²) in [5, 5.41) is 11.3. The molecule has 0 saturated heterocycles. The highest BCUT2D eigenvalue weighted by Crippen LogP contribution is 2.30. The van der Waals surface area contributed by atoms with Crippen LogP contribution in [0.2, 0.25) is 5.15 Å². The molecule has 1 aromatic heterocycles. The average Bonchev–Trinajstić information content (AvgIpc) is 2.39. The number of nitriles is 1. The van der Waals surface area contributed by atoms with E-state index in [1.807, 2.05) is 6.07 Å². The van der Waals surface area contributed by atoms with E-state index in [1.165, 1.54) is 12.1 Å². The van der Waals surface area contributed by atoms with Gasteiger partial charge in [-0.15, -0.1) is 0 Å². The van der Waals surface area contributed by atoms with Crippen LogP contribution < -0.4 is 5.32 Å². The summed E-state index contributed by atoms with van der Waals surface area (Å²) in [5.41, 5.74) is 0.552. The first kappa shape index (κ1) is 15.5. The molecule has 1 heterocycles. The predicted molar refractivity (Wildman–Crippen MR) is 74.2 cm³/mol. The molecule has 0 aliphatic carbocycles. The maximum atomic E-state index is 12.6. The van der Waals surface area contributed by atoms with Crippen LogP contribution in [-0.4, -0.2) is 9.97 Å². The Hall–Kier alpha value is -1.85. The number of benzene rings is 1. The third-order valence-electron chi connectivity index (χ3n) is 2.31. The first-order valence-corrected chi connectivity index (χ1v) is 6.55. The maximum absolute atomic E-state index is 12.6. The van der Waals surface area contributed by atoms with Crippen LogP contribution in [0.4, 0.5) is 24.7 Å². The van der Waals surface area contributed by atoms with Crippen LogP contribution in [0.3, 0.4) is 0 Å². The summed E-state index contributed by atoms with van der Waals surface area (Å²) in [4.78, 5) is 6.47. The lowest BCUT2D eigenvalue weighted by atomic mass is 10.2. The Morgan fingerprint density at radius 3 is 2.57 bits per heavy atom. The molecule has 108 valence electrons. The maximum Gasteiger partial charge on any atom is 0.451 e. The number of anilines is 2. The summed E-state index contributed by atoms with van der Waals surface area (Å²) in [6, 6.07) is 7.76. The van der Waals surface area contributed by atoms with E-state index < -0.39 is 12.0 Å². The molecule has 2 rings (SSSR count). The lowest BCUT2D eigenvalue weighted by Crippen LogP contribution is -2.12. The Bertz CT molecular complexity index is 727. The lowest BCUT2D eigenvalue weighted by Gasteiger charge is -2.10. The number of alkyl halides is 3. The Kier molecular flexibility index (Phi) is 4.34. The minimum Gasteiger partial charge on any atom is -0.339 e. The van der Waals surface area contributed by atoms with E-state index in [9.17, 15) is 13.2 Å². The average molecular weight is 378 g/mol. The van der Waals surface area contributed by atoms with E-state index >= 15 is 0 Å². The predicted octanol–water partition coefficient (Wildman–Crippen LogP) is 4.53. The van der Waals surface area contributed by atoms with E-state index in [-0.39, 0.29) is 16.5 Å². The van der Waals surface area contributed by atoms with Gasteiger partial charge in [0.05, 0.1) is 11.3 Å². The number of halogens is 5. The second-order valence-corrected chi connectivity index (χ2v) is 5.13. The van der Waals surface area contributed by atoms with Crippen LogP contribution >= 0.6 is 27.5 Å². The van der Waals surface area contributed by atoms with E-state index in [2.05, 4.69) is 31.2 Å². The van der Waals surface area contributed by atoms with Crippen molar-refractivity contribution in [1.29, 1.82) is 5.26 Å². The summed E-state index contributed by atoms with van der Waals surface area (Å²) in [6.07, 6.45) is -4.71. The summed E-state index contributed by atoms with van der Waals surface area (Å²) in [6.45, 7) is 0. The molecule has 1 aromatic carbocycles. The number of aromatic nitrogens is 2. The molecule has 1 N–H and O–H groups in total. The van der Waals surface area contributed by atoms with Crippen LogP contribution in [0.5, 0.6) is 0 Å². The Balaban J connectivity index is 2.41. The fraction of sp³-hybridized carbons (Fsp3) is 0.0833. The minimum absolute atomic E-state index is 0.152. The first-order chi connectivity index (χ1) is 9.79. The van der Waals surface area contributed by atoms with Gasteiger partial charge in [-0.05, 0) is 18.2 Å². The van der Waals surface area contributed by atoms with Gasteiger partial charge < -0.3 is 5.32 Å². The van der Waals surface area contributed by atoms with Crippen molar-refractivity contribution in [2.45, 2.75) is 6.18 Å². The van der Waals surface area contributed by atoms with Crippen molar-refractivity contribution in [2.24, 2.45) is 0 Å². The van der Waals surface area contributed by atoms with Crippen molar-refractivity contribution in [3.63, 3.8) is 0 Å². The van der Waals surface area contributed by atoms with Crippen LogP contribution in [-0.2, 0) is 6.18 Å². The first-order valence-electron chi connectivity index (χ1n) is 5.38. The van der Waals surface area contributed by atoms with Gasteiger partial charge in [0.1, 0.15) is 17.0 Å². The summed E-state index contributed by atoms with van der Waals surface area (Å²) < 4.78 is 38.5. The molecule has 0 amide bonds. The molecule has 21 heavy (non-hydrogen) atoms. The van der Waals surface area contributed by atoms with Crippen molar-refractivity contribution < 1.29 is 13.2 Å². The molecule has 9 heteroatoms. The highest BCUT2D eigenvalue weighted by Gasteiger charge is 2.35. The molecule has 0 radical (unpaired) electrons. The van der Waals surface area contributed by atoms with E-state index in [0.717, 1.165) is 6.07 Å². The second kappa shape index (κ2) is 5.87. The molecule has 4 nitrogen and oxygen atoms in total. The fourth-order valence-corrected chi connectivity index (χ4v) is 2.01. The molecule has 2 aromatic rings. The van der Waals surface area contributed by atoms with Crippen molar-refractivity contribution in [3.05, 3.63) is 45.3 Å². The number of hydrogen-bond acceptors (Lipinski definition) is 4. The van der Waals surface area contributed by atoms with Crippen LogP contribution in [0.25, 0.3) is 0 Å². The van der Waals surface area contributed by atoms with Crippen LogP contribution in [0.15, 0.2) is 28.7 Å². The van der Waals surface area contributed by atoms with Crippen molar-refractivity contribution >= 4 is 39.0 Å². The van der Waals surface area contributed by atoms with Gasteiger partial charge in [-0.1, -0.05) is 27.5 Å². The van der Waals surface area contributed by atoms with Crippen molar-refractivity contribution in [3.8, 4) is 6.07 Å². The number of nitrogens with zero attached hydrogens (tertiary/aromatic N) is 3. The number of rotatable bonds is 2. The normalized spacial score (nSPS) is 11.0. The Morgan fingerprint density at radius 2 is 1.95 bits per heavy atom. The molecule has 0 aliphatic rings. The lowest BCUT2D eigenvalue weighted by molar-refractivity contribution is -0.144. The highest BCUT2D eigenvalue weighted by atomic mass is 79.9. The smallest absolute Gasteiger partial charge is 0.339 e. The standard InChI is InChI=1S/C12H5BrClF3N4/c13-7-1-2-8(6(3-7)5-18)19-10-4-9(14)20-11(21-10)12(15,16)17/h1-4H,(H,19,20,21). The molecule has 0 bridgehead atoms. The largest absolute Gasteiger partial charge is 0.451 e. The number of nitrogens with one attached hydrogen (secondary N) is 1. The third-order valence-corrected chi connectivity index (χ3v) is 3.00. The molecule has 0 aliphatic heterocycles. The van der Waals surface area contributed by atoms with Gasteiger partial charge in [0.25, 0.3) is 0 Å². The van der Waals surface area contributed by atoms with E-state index in [0.29, 0.717) is 10.2 Å². The van der Waals surface area contributed by atoms with Gasteiger partial charge in [0.2, 0.25) is 5.82 Å². The summed E-state index contributed by atoms with van der Waals surface area (Å²) >= 11 is 8.76. The van der Waals surface area contributed by atoms with Gasteiger partial charge in [0, 0.05) is 10.5 Å². The zero-order valence-corrected chi connectivity index (χ0v) is 12.4. The molecule has 0 atom stereocenters. The van der Waals surface area contributed by atoms with E-state index in [4.69, 9.17) is 16.9 Å². The third kappa shape index (κ3) is 3.83. The molecular weight excluding hydrogens is 373 g/mol. The zero-order chi connectivity index (χ0) is 15.6. The molecule has 0 saturated carbocycles. The van der Waals surface area contributed by atoms with Crippen molar-refractivity contribution in [1.82, 2.24) is 9.97 Å². The summed E-state index contributed by atoms with van der Waals surface area (Å²) in [5.74, 6) is -1.51. The zero-order valence-electron chi connectivity index (χ0n) is 10.0. The second-order valence-electron chi connectivity index (χ2n) is 3.82. The van der Waals surface area contributed by atoms with Gasteiger partial charge >= 0.3 is 6.18 Å². The van der Waals surface area contributed by atoms with Crippen molar-refractivity contribution in [2.75, 3.05) is 5.32 Å². The van der Waals surface area contributed by atoms with Gasteiger partial charge in [-0.25, -0.2) is 9.97 Å². The fourth-order valence-electron chi connectivity index (χ4n) is 1.46. The Morgan fingerprint density at radius 1 is 1.24 bits per heavy atom. The Labute approximate surface area is 130 Å². The van der Waals surface area contributed by atoms with Crippen LogP contribution in [0, 0.1) is 11.3 Å². The van der Waals surface area contributed by atoms with Gasteiger partial charge in [0.15, 0.2) is 0 Å². The van der Waals surface area contributed by atoms with E-state index in [1.54, 1.807) is 6.07 Å². The molecule has 0 fully saturated rings. The highest BCUT2D eigenvalue weighted by molar-refractivity contribution is 9.10. The molecule has 0 spiro atoms. The van der Waals surface area contributed by atoms with Gasteiger partial charge in [-0.3, -0.25) is 0 Å². The topological polar surface area (TPSA) is 61.6 Å². The monoisotopic (exact) mass is 376 g/mol. The van der Waals surface area contributed by atoms with Gasteiger partial charge in [-0.2, -0.15) is 18.4 Å². The SMILES string of the molecule is N#Cc1cc(Br)ccc1Nc1cc(Cl)nc(C(F)(F)F)n1. The minimum atomic E-state index is -4.71. The van der Waals surface area contributed by atoms with Crippen LogP contribution in [0.1, 0.15) is 11.4 Å². The summed E-state index contributed by atoms with van der Waals surface area (Å²) in [7, 11) is 0. The molecular formula is C12H5BrClF3N4. The number of hydrogen-bond donors (Lipinski definition) is 1. The molecule has 0 unspecified atom stereocenters. The quantitative estimate of drug-likeness (QED) is 0.781.